The summed E-state index contributed by atoms with van der Waals surface area (Å²) in [6.07, 6.45) is 43.1. The lowest BCUT2D eigenvalue weighted by molar-refractivity contribution is -0.138. The Morgan fingerprint density at radius 1 is 0.291 bits per heavy atom. The number of hydrogen-bond donors (Lipinski definition) is 6. The lowest BCUT2D eigenvalue weighted by atomic mass is 10.1. The van der Waals surface area contributed by atoms with Gasteiger partial charge < -0.3 is 30.6 Å². The van der Waals surface area contributed by atoms with Crippen LogP contribution in [0.4, 0.5) is 0 Å². The molecule has 0 atom stereocenters. The molecule has 6 N–H and O–H groups in total. The first-order chi connectivity index (χ1) is 26.7. The van der Waals surface area contributed by atoms with E-state index in [1.54, 1.807) is 0 Å². The van der Waals surface area contributed by atoms with E-state index in [2.05, 4.69) is 20.8 Å². The summed E-state index contributed by atoms with van der Waals surface area (Å²) in [5.41, 5.74) is 0. The number of rotatable bonds is 39. The fourth-order valence-electron chi connectivity index (χ4n) is 5.99. The predicted octanol–water partition coefficient (Wildman–Crippen LogP) is 12.9. The van der Waals surface area contributed by atoms with Crippen LogP contribution in [0.2, 0.25) is 0 Å². The summed E-state index contributed by atoms with van der Waals surface area (Å²) in [7, 11) is 0. The Balaban J connectivity index is -0.000000326. The fraction of sp³-hybridized carbons (Fsp3) is 0.935. The Morgan fingerprint density at radius 3 is 0.545 bits per heavy atom. The summed E-state index contributed by atoms with van der Waals surface area (Å²) >= 11 is 0. The fourth-order valence-corrected chi connectivity index (χ4v) is 5.99. The number of carbonyl (C=O) groups is 3. The van der Waals surface area contributed by atoms with E-state index in [1.807, 2.05) is 0 Å². The zero-order valence-corrected chi connectivity index (χ0v) is 36.6. The summed E-state index contributed by atoms with van der Waals surface area (Å²) in [4.78, 5) is 30.8. The second kappa shape index (κ2) is 56.6. The molecule has 0 heterocycles. The molecule has 332 valence electrons. The van der Waals surface area contributed by atoms with Crippen LogP contribution in [0.5, 0.6) is 0 Å². The molecule has 0 saturated carbocycles. The van der Waals surface area contributed by atoms with E-state index in [9.17, 15) is 14.4 Å². The van der Waals surface area contributed by atoms with Gasteiger partial charge in [-0.25, -0.2) is 0 Å². The van der Waals surface area contributed by atoms with Crippen molar-refractivity contribution in [1.29, 1.82) is 0 Å². The molecule has 0 aliphatic carbocycles. The van der Waals surface area contributed by atoms with Crippen molar-refractivity contribution in [3.63, 3.8) is 0 Å². The van der Waals surface area contributed by atoms with Gasteiger partial charge in [0.25, 0.3) is 0 Å². The van der Waals surface area contributed by atoms with Crippen LogP contribution < -0.4 is 0 Å². The molecule has 0 fully saturated rings. The summed E-state index contributed by atoms with van der Waals surface area (Å²) in [5, 5.41) is 50.0. The number of carboxylic acid groups (broad SMARTS) is 3. The second-order valence-electron chi connectivity index (χ2n) is 15.5. The lowest BCUT2D eigenvalue weighted by Gasteiger charge is -2.02. The first-order valence-corrected chi connectivity index (χ1v) is 23.1. The molecule has 0 radical (unpaired) electrons. The molecule has 9 nitrogen and oxygen atoms in total. The molecular weight excluding hydrogens is 696 g/mol. The van der Waals surface area contributed by atoms with Gasteiger partial charge in [0.2, 0.25) is 0 Å². The van der Waals surface area contributed by atoms with Gasteiger partial charge in [-0.05, 0) is 19.3 Å². The summed E-state index contributed by atoms with van der Waals surface area (Å²) in [6.45, 7) is 6.30. The number of carboxylic acids is 3. The van der Waals surface area contributed by atoms with Crippen LogP contribution in [-0.4, -0.2) is 68.4 Å². The molecule has 55 heavy (non-hydrogen) atoms. The average molecular weight is 791 g/mol. The molecule has 0 aliphatic heterocycles. The Labute approximate surface area is 339 Å². The molecule has 9 heteroatoms. The molecular formula is C46H94O9. The number of aliphatic carboxylic acids is 3. The molecule has 0 spiro atoms. The van der Waals surface area contributed by atoms with Gasteiger partial charge >= 0.3 is 17.9 Å². The van der Waals surface area contributed by atoms with E-state index in [-0.39, 0.29) is 25.7 Å². The van der Waals surface area contributed by atoms with Crippen molar-refractivity contribution in [3.05, 3.63) is 0 Å². The average Bonchev–Trinajstić information content (AvgIpc) is 3.16. The minimum Gasteiger partial charge on any atom is -0.481 e. The van der Waals surface area contributed by atoms with E-state index in [0.717, 1.165) is 38.5 Å². The first-order valence-electron chi connectivity index (χ1n) is 23.1. The van der Waals surface area contributed by atoms with Gasteiger partial charge in [-0.2, -0.15) is 0 Å². The molecule has 0 aliphatic rings. The van der Waals surface area contributed by atoms with Crippen LogP contribution in [-0.2, 0) is 14.4 Å². The Bertz CT molecular complexity index is 637. The zero-order valence-electron chi connectivity index (χ0n) is 36.6. The van der Waals surface area contributed by atoms with E-state index >= 15 is 0 Å². The van der Waals surface area contributed by atoms with Gasteiger partial charge in [0.05, 0.1) is 19.8 Å². The number of aliphatic hydroxyl groups is 3. The monoisotopic (exact) mass is 791 g/mol. The molecule has 0 unspecified atom stereocenters. The standard InChI is InChI=1S/3C14H28O2.C4H10O3/c3*1-2-3-4-5-6-7-8-9-10-11-12-13-14(15)16;5-1-4(2-6)3-7/h3*2-13H2,1H3,(H,15,16);4-7H,1-3H2. The summed E-state index contributed by atoms with van der Waals surface area (Å²) in [5.74, 6) is -2.32. The minimum atomic E-state index is -0.657. The van der Waals surface area contributed by atoms with Crippen LogP contribution in [0, 0.1) is 5.92 Å². The van der Waals surface area contributed by atoms with Crippen molar-refractivity contribution < 1.29 is 45.0 Å². The van der Waals surface area contributed by atoms with Gasteiger partial charge in [-0.3, -0.25) is 14.4 Å². The molecule has 0 saturated heterocycles. The van der Waals surface area contributed by atoms with Crippen molar-refractivity contribution >= 4 is 17.9 Å². The third kappa shape index (κ3) is 70.6. The third-order valence-electron chi connectivity index (χ3n) is 9.76. The maximum atomic E-state index is 10.3. The Morgan fingerprint density at radius 2 is 0.436 bits per heavy atom. The number of unbranched alkanes of at least 4 members (excludes halogenated alkanes) is 30. The van der Waals surface area contributed by atoms with Gasteiger partial charge in [-0.1, -0.05) is 213 Å². The quantitative estimate of drug-likeness (QED) is 0.0331. The molecule has 0 aromatic carbocycles. The summed E-state index contributed by atoms with van der Waals surface area (Å²) < 4.78 is 0. The van der Waals surface area contributed by atoms with Crippen molar-refractivity contribution in [2.75, 3.05) is 19.8 Å². The van der Waals surface area contributed by atoms with Crippen molar-refractivity contribution in [2.24, 2.45) is 5.92 Å². The lowest BCUT2D eigenvalue weighted by Crippen LogP contribution is -2.14. The van der Waals surface area contributed by atoms with Crippen molar-refractivity contribution in [1.82, 2.24) is 0 Å². The third-order valence-corrected chi connectivity index (χ3v) is 9.76. The highest BCUT2D eigenvalue weighted by molar-refractivity contribution is 5.67. The van der Waals surface area contributed by atoms with Gasteiger partial charge in [0.15, 0.2) is 0 Å². The van der Waals surface area contributed by atoms with Crippen LogP contribution in [0.25, 0.3) is 0 Å². The highest BCUT2D eigenvalue weighted by atomic mass is 16.4. The van der Waals surface area contributed by atoms with E-state index in [0.29, 0.717) is 19.3 Å². The van der Waals surface area contributed by atoms with Crippen LogP contribution in [0.15, 0.2) is 0 Å². The minimum absolute atomic E-state index is 0.146. The highest BCUT2D eigenvalue weighted by Crippen LogP contribution is 2.14. The molecule has 0 bridgehead atoms. The first kappa shape index (κ1) is 60.0. The normalized spacial score (nSPS) is 10.5. The predicted molar refractivity (Wildman–Crippen MR) is 231 cm³/mol. The van der Waals surface area contributed by atoms with E-state index in [1.165, 1.54) is 173 Å². The van der Waals surface area contributed by atoms with Crippen LogP contribution in [0.3, 0.4) is 0 Å². The van der Waals surface area contributed by atoms with Gasteiger partial charge in [0.1, 0.15) is 0 Å². The molecule has 0 rings (SSSR count). The van der Waals surface area contributed by atoms with Crippen molar-refractivity contribution in [2.45, 2.75) is 252 Å². The van der Waals surface area contributed by atoms with Crippen LogP contribution in [0.1, 0.15) is 252 Å². The molecule has 0 amide bonds. The molecule has 0 aromatic heterocycles. The van der Waals surface area contributed by atoms with E-state index in [4.69, 9.17) is 30.6 Å². The van der Waals surface area contributed by atoms with Gasteiger partial charge in [-0.15, -0.1) is 0 Å². The van der Waals surface area contributed by atoms with Crippen molar-refractivity contribution in [3.8, 4) is 0 Å². The zero-order chi connectivity index (χ0) is 41.9. The van der Waals surface area contributed by atoms with E-state index < -0.39 is 17.9 Å². The maximum absolute atomic E-state index is 10.3. The van der Waals surface area contributed by atoms with Gasteiger partial charge in [0, 0.05) is 25.2 Å². The summed E-state index contributed by atoms with van der Waals surface area (Å²) in [6, 6.07) is 0. The largest absolute Gasteiger partial charge is 0.481 e. The SMILES string of the molecule is CCCCCCCCCCCCCC(=O)O.CCCCCCCCCCCCCC(=O)O.CCCCCCCCCCCCCC(=O)O.OCC(CO)CO. The smallest absolute Gasteiger partial charge is 0.303 e. The molecule has 0 aromatic rings. The number of aliphatic hydroxyl groups excluding tert-OH is 3. The topological polar surface area (TPSA) is 173 Å². The second-order valence-corrected chi connectivity index (χ2v) is 15.5. The maximum Gasteiger partial charge on any atom is 0.303 e. The Hall–Kier alpha value is -1.71. The van der Waals surface area contributed by atoms with Crippen LogP contribution >= 0.6 is 0 Å². The Kier molecular flexibility index (Phi) is 61.7. The highest BCUT2D eigenvalue weighted by Gasteiger charge is 2.01. The number of hydrogen-bond acceptors (Lipinski definition) is 6.